The third-order valence-electron chi connectivity index (χ3n) is 4.99. The maximum absolute atomic E-state index is 12.2. The number of amides is 1. The van der Waals surface area contributed by atoms with Crippen molar-refractivity contribution in [2.45, 2.75) is 31.8 Å². The van der Waals surface area contributed by atoms with E-state index in [1.807, 2.05) is 36.4 Å². The Hall–Kier alpha value is -2.31. The summed E-state index contributed by atoms with van der Waals surface area (Å²) in [5, 5.41) is 6.23. The molecule has 1 aliphatic heterocycles. The molecule has 1 fully saturated rings. The Kier molecular flexibility index (Phi) is 7.30. The zero-order chi connectivity index (χ0) is 18.9. The monoisotopic (exact) mass is 371 g/mol. The molecule has 1 amide bonds. The number of methoxy groups -OCH3 is 1. The lowest BCUT2D eigenvalue weighted by atomic mass is 10.1. The molecular weight excluding hydrogens is 342 g/mol. The molecule has 6 heteroatoms. The fourth-order valence-electron chi connectivity index (χ4n) is 3.55. The minimum absolute atomic E-state index is 0.0299. The molecular formula is C21H29N3O3. The third kappa shape index (κ3) is 5.58. The van der Waals surface area contributed by atoms with Crippen LogP contribution in [-0.4, -0.2) is 44.1 Å². The van der Waals surface area contributed by atoms with Crippen molar-refractivity contribution in [3.8, 4) is 5.75 Å². The zero-order valence-electron chi connectivity index (χ0n) is 15.9. The van der Waals surface area contributed by atoms with Gasteiger partial charge in [-0.05, 0) is 44.1 Å². The van der Waals surface area contributed by atoms with Crippen molar-refractivity contribution in [3.63, 3.8) is 0 Å². The minimum atomic E-state index is -0.0299. The normalized spacial score (nSPS) is 16.0. The molecule has 1 aromatic heterocycles. The average molecular weight is 371 g/mol. The fourth-order valence-corrected chi connectivity index (χ4v) is 3.55. The molecule has 0 aliphatic carbocycles. The summed E-state index contributed by atoms with van der Waals surface area (Å²) in [6, 6.07) is 11.8. The van der Waals surface area contributed by atoms with Crippen LogP contribution in [0.1, 0.15) is 36.6 Å². The van der Waals surface area contributed by atoms with Crippen molar-refractivity contribution in [2.75, 3.05) is 33.3 Å². The molecule has 1 saturated heterocycles. The van der Waals surface area contributed by atoms with Crippen LogP contribution in [0.25, 0.3) is 0 Å². The van der Waals surface area contributed by atoms with Gasteiger partial charge in [0.25, 0.3) is 0 Å². The number of rotatable bonds is 9. The van der Waals surface area contributed by atoms with E-state index >= 15 is 0 Å². The van der Waals surface area contributed by atoms with E-state index in [2.05, 4.69) is 15.5 Å². The highest BCUT2D eigenvalue weighted by atomic mass is 16.5. The van der Waals surface area contributed by atoms with E-state index in [1.54, 1.807) is 13.4 Å². The summed E-state index contributed by atoms with van der Waals surface area (Å²) in [7, 11) is 1.64. The van der Waals surface area contributed by atoms with Gasteiger partial charge < -0.3 is 19.8 Å². The first-order valence-corrected chi connectivity index (χ1v) is 9.64. The van der Waals surface area contributed by atoms with Crippen molar-refractivity contribution < 1.29 is 13.9 Å². The molecule has 1 aliphatic rings. The van der Waals surface area contributed by atoms with E-state index < -0.39 is 0 Å². The van der Waals surface area contributed by atoms with Gasteiger partial charge in [0.05, 0.1) is 26.0 Å². The van der Waals surface area contributed by atoms with Gasteiger partial charge >= 0.3 is 0 Å². The number of hydrogen-bond acceptors (Lipinski definition) is 5. The number of carbonyl (C=O) groups is 1. The molecule has 1 aromatic carbocycles. The third-order valence-corrected chi connectivity index (χ3v) is 4.99. The van der Waals surface area contributed by atoms with Gasteiger partial charge in [0.2, 0.25) is 5.91 Å². The average Bonchev–Trinajstić information content (AvgIpc) is 3.25. The standard InChI is InChI=1S/C21H29N3O3/c1-26-19-9-4-3-8-17(19)14-23-21(25)16-22-15-18(20-10-7-13-27-20)24-11-5-2-6-12-24/h3-4,7-10,13,18,22H,2,5-6,11-12,14-16H2,1H3,(H,23,25). The van der Waals surface area contributed by atoms with Crippen molar-refractivity contribution in [1.82, 2.24) is 15.5 Å². The number of ether oxygens (including phenoxy) is 1. The lowest BCUT2D eigenvalue weighted by molar-refractivity contribution is -0.120. The Balaban J connectivity index is 1.47. The number of likely N-dealkylation sites (tertiary alicyclic amines) is 1. The fraction of sp³-hybridized carbons (Fsp3) is 0.476. The van der Waals surface area contributed by atoms with Gasteiger partial charge in [0, 0.05) is 18.7 Å². The first-order chi connectivity index (χ1) is 13.3. The lowest BCUT2D eigenvalue weighted by Gasteiger charge is -2.33. The lowest BCUT2D eigenvalue weighted by Crippen LogP contribution is -2.41. The SMILES string of the molecule is COc1ccccc1CNC(=O)CNCC(c1ccco1)N1CCCCC1. The number of piperidine rings is 1. The molecule has 0 spiro atoms. The van der Waals surface area contributed by atoms with Gasteiger partial charge in [0.1, 0.15) is 11.5 Å². The molecule has 2 aromatic rings. The Morgan fingerprint density at radius 1 is 1.19 bits per heavy atom. The molecule has 0 bridgehead atoms. The second-order valence-electron chi connectivity index (χ2n) is 6.85. The van der Waals surface area contributed by atoms with E-state index in [9.17, 15) is 4.79 Å². The van der Waals surface area contributed by atoms with Crippen LogP contribution in [0.3, 0.4) is 0 Å². The molecule has 2 heterocycles. The molecule has 2 N–H and O–H groups in total. The summed E-state index contributed by atoms with van der Waals surface area (Å²) >= 11 is 0. The zero-order valence-corrected chi connectivity index (χ0v) is 15.9. The Labute approximate surface area is 160 Å². The van der Waals surface area contributed by atoms with Crippen LogP contribution >= 0.6 is 0 Å². The maximum Gasteiger partial charge on any atom is 0.234 e. The van der Waals surface area contributed by atoms with Crippen molar-refractivity contribution in [3.05, 3.63) is 54.0 Å². The number of hydrogen-bond donors (Lipinski definition) is 2. The summed E-state index contributed by atoms with van der Waals surface area (Å²) in [6.07, 6.45) is 5.44. The molecule has 1 atom stereocenters. The minimum Gasteiger partial charge on any atom is -0.496 e. The smallest absolute Gasteiger partial charge is 0.234 e. The molecule has 6 nitrogen and oxygen atoms in total. The molecule has 27 heavy (non-hydrogen) atoms. The van der Waals surface area contributed by atoms with Crippen LogP contribution in [0.4, 0.5) is 0 Å². The number of carbonyl (C=O) groups excluding carboxylic acids is 1. The van der Waals surface area contributed by atoms with Crippen LogP contribution in [-0.2, 0) is 11.3 Å². The summed E-state index contributed by atoms with van der Waals surface area (Å²) in [6.45, 7) is 3.58. The Morgan fingerprint density at radius 2 is 2.00 bits per heavy atom. The van der Waals surface area contributed by atoms with Gasteiger partial charge in [-0.15, -0.1) is 0 Å². The van der Waals surface area contributed by atoms with Crippen LogP contribution in [0.2, 0.25) is 0 Å². The van der Waals surface area contributed by atoms with Gasteiger partial charge in [-0.2, -0.15) is 0 Å². The summed E-state index contributed by atoms with van der Waals surface area (Å²) < 4.78 is 11.0. The topological polar surface area (TPSA) is 66.7 Å². The van der Waals surface area contributed by atoms with Crippen molar-refractivity contribution >= 4 is 5.91 Å². The summed E-state index contributed by atoms with van der Waals surface area (Å²) in [4.78, 5) is 14.7. The predicted octanol–water partition coefficient (Wildman–Crippen LogP) is 2.72. The Morgan fingerprint density at radius 3 is 2.74 bits per heavy atom. The highest BCUT2D eigenvalue weighted by molar-refractivity contribution is 5.78. The number of para-hydroxylation sites is 1. The molecule has 1 unspecified atom stereocenters. The number of nitrogens with one attached hydrogen (secondary N) is 2. The summed E-state index contributed by atoms with van der Waals surface area (Å²) in [5.74, 6) is 1.71. The highest BCUT2D eigenvalue weighted by Gasteiger charge is 2.24. The van der Waals surface area contributed by atoms with E-state index in [-0.39, 0.29) is 18.5 Å². The summed E-state index contributed by atoms with van der Waals surface area (Å²) in [5.41, 5.74) is 0.968. The van der Waals surface area contributed by atoms with Gasteiger partial charge in [-0.25, -0.2) is 0 Å². The quantitative estimate of drug-likeness (QED) is 0.709. The molecule has 3 rings (SSSR count). The van der Waals surface area contributed by atoms with Crippen LogP contribution < -0.4 is 15.4 Å². The van der Waals surface area contributed by atoms with Crippen molar-refractivity contribution in [1.29, 1.82) is 0 Å². The first kappa shape index (κ1) is 19.5. The number of benzene rings is 1. The van der Waals surface area contributed by atoms with E-state index in [4.69, 9.17) is 9.15 Å². The van der Waals surface area contributed by atoms with Crippen LogP contribution in [0.15, 0.2) is 47.1 Å². The van der Waals surface area contributed by atoms with E-state index in [1.165, 1.54) is 19.3 Å². The maximum atomic E-state index is 12.2. The van der Waals surface area contributed by atoms with E-state index in [0.717, 1.165) is 30.2 Å². The second kappa shape index (κ2) is 10.1. The second-order valence-corrected chi connectivity index (χ2v) is 6.85. The number of furan rings is 1. The first-order valence-electron chi connectivity index (χ1n) is 9.64. The molecule has 0 radical (unpaired) electrons. The van der Waals surface area contributed by atoms with Gasteiger partial charge in [-0.1, -0.05) is 24.6 Å². The van der Waals surface area contributed by atoms with Crippen LogP contribution in [0, 0.1) is 0 Å². The molecule has 0 saturated carbocycles. The van der Waals surface area contributed by atoms with Gasteiger partial charge in [-0.3, -0.25) is 9.69 Å². The predicted molar refractivity (Wildman–Crippen MR) is 105 cm³/mol. The highest BCUT2D eigenvalue weighted by Crippen LogP contribution is 2.24. The van der Waals surface area contributed by atoms with Crippen LogP contribution in [0.5, 0.6) is 5.75 Å². The largest absolute Gasteiger partial charge is 0.496 e. The van der Waals surface area contributed by atoms with Gasteiger partial charge in [0.15, 0.2) is 0 Å². The number of nitrogens with zero attached hydrogens (tertiary/aromatic N) is 1. The molecule has 146 valence electrons. The van der Waals surface area contributed by atoms with E-state index in [0.29, 0.717) is 13.1 Å². The van der Waals surface area contributed by atoms with Crippen molar-refractivity contribution in [2.24, 2.45) is 0 Å². The Bertz CT molecular complexity index is 696.